The van der Waals surface area contributed by atoms with E-state index in [9.17, 15) is 9.90 Å². The second kappa shape index (κ2) is 8.84. The summed E-state index contributed by atoms with van der Waals surface area (Å²) in [5.41, 5.74) is 3.41. The maximum atomic E-state index is 13.0. The van der Waals surface area contributed by atoms with Crippen molar-refractivity contribution in [2.45, 2.75) is 51.4 Å². The van der Waals surface area contributed by atoms with Crippen LogP contribution in [0.2, 0.25) is 0 Å². The fourth-order valence-corrected chi connectivity index (χ4v) is 3.81. The van der Waals surface area contributed by atoms with Gasteiger partial charge in [-0.05, 0) is 31.0 Å². The van der Waals surface area contributed by atoms with Crippen LogP contribution in [0, 0.1) is 0 Å². The molecule has 0 aliphatic carbocycles. The fraction of sp³-hybridized carbons (Fsp3) is 0.435. The lowest BCUT2D eigenvalue weighted by Crippen LogP contribution is -2.33. The first kappa shape index (κ1) is 21.1. The molecule has 0 unspecified atom stereocenters. The first-order valence-electron chi connectivity index (χ1n) is 9.72. The first-order chi connectivity index (χ1) is 13.9. The molecule has 2 aromatic rings. The molecule has 154 valence electrons. The van der Waals surface area contributed by atoms with Gasteiger partial charge in [0.25, 0.3) is 0 Å². The van der Waals surface area contributed by atoms with Gasteiger partial charge in [-0.15, -0.1) is 0 Å². The number of nitrogens with zero attached hydrogens (tertiary/aromatic N) is 2. The Morgan fingerprint density at radius 3 is 2.59 bits per heavy atom. The summed E-state index contributed by atoms with van der Waals surface area (Å²) in [4.78, 5) is 21.8. The summed E-state index contributed by atoms with van der Waals surface area (Å²) in [5, 5.41) is 9.73. The summed E-state index contributed by atoms with van der Waals surface area (Å²) in [7, 11) is 3.22. The van der Waals surface area contributed by atoms with Crippen molar-refractivity contribution in [2.75, 3.05) is 14.2 Å². The minimum absolute atomic E-state index is 0.0728. The lowest BCUT2D eigenvalue weighted by atomic mass is 9.80. The molecule has 1 atom stereocenters. The fourth-order valence-electron chi connectivity index (χ4n) is 3.81. The number of pyridine rings is 1. The number of aromatic nitrogens is 1. The van der Waals surface area contributed by atoms with Gasteiger partial charge in [0.15, 0.2) is 0 Å². The van der Waals surface area contributed by atoms with E-state index in [1.165, 1.54) is 0 Å². The average molecular weight is 396 g/mol. The molecule has 0 radical (unpaired) electrons. The Hall–Kier alpha value is -2.57. The van der Waals surface area contributed by atoms with E-state index < -0.39 is 5.60 Å². The lowest BCUT2D eigenvalue weighted by molar-refractivity contribution is -0.120. The number of aliphatic hydroxyl groups is 1. The number of aliphatic imine (C=N–C) groups is 1. The molecular formula is C23H28N2O4. The van der Waals surface area contributed by atoms with E-state index in [2.05, 4.69) is 9.98 Å². The van der Waals surface area contributed by atoms with Gasteiger partial charge >= 0.3 is 0 Å². The Morgan fingerprint density at radius 2 is 1.97 bits per heavy atom. The normalized spacial score (nSPS) is 14.3. The molecule has 0 fully saturated rings. The highest BCUT2D eigenvalue weighted by Gasteiger charge is 2.32. The number of fused-ring (bicyclic) bond motifs is 1. The Balaban J connectivity index is 1.81. The third-order valence-corrected chi connectivity index (χ3v) is 5.56. The smallest absolute Gasteiger partial charge is 0.218 e. The highest BCUT2D eigenvalue weighted by atomic mass is 16.5. The predicted octanol–water partition coefficient (Wildman–Crippen LogP) is 3.19. The van der Waals surface area contributed by atoms with Crippen molar-refractivity contribution >= 4 is 11.7 Å². The van der Waals surface area contributed by atoms with Crippen molar-refractivity contribution in [3.8, 4) is 0 Å². The SMILES string of the molecule is COC1=NCc2cc(CC(=O)C[C@@H](c3ccccc3)C(C)(C)OC)nc(CO)c21. The van der Waals surface area contributed by atoms with Crippen molar-refractivity contribution in [3.63, 3.8) is 0 Å². The Labute approximate surface area is 171 Å². The number of rotatable bonds is 8. The van der Waals surface area contributed by atoms with Gasteiger partial charge in [0.1, 0.15) is 5.78 Å². The summed E-state index contributed by atoms with van der Waals surface area (Å²) < 4.78 is 11.0. The van der Waals surface area contributed by atoms with Crippen molar-refractivity contribution in [1.82, 2.24) is 4.98 Å². The number of Topliss-reactive ketones (excluding diaryl/α,β-unsaturated/α-hetero) is 1. The van der Waals surface area contributed by atoms with Crippen LogP contribution in [-0.4, -0.2) is 41.6 Å². The number of carbonyl (C=O) groups is 1. The Bertz CT molecular complexity index is 907. The third-order valence-electron chi connectivity index (χ3n) is 5.56. The highest BCUT2D eigenvalue weighted by molar-refractivity contribution is 5.98. The zero-order valence-electron chi connectivity index (χ0n) is 17.4. The van der Waals surface area contributed by atoms with Crippen LogP contribution in [0.5, 0.6) is 0 Å². The number of hydrogen-bond acceptors (Lipinski definition) is 6. The van der Waals surface area contributed by atoms with Crippen LogP contribution in [0.25, 0.3) is 0 Å². The summed E-state index contributed by atoms with van der Waals surface area (Å²) in [6.07, 6.45) is 0.545. The van der Waals surface area contributed by atoms with Crippen LogP contribution in [0.4, 0.5) is 0 Å². The molecule has 1 aliphatic rings. The number of ether oxygens (including phenoxy) is 2. The van der Waals surface area contributed by atoms with Crippen LogP contribution in [-0.2, 0) is 33.8 Å². The van der Waals surface area contributed by atoms with E-state index in [-0.39, 0.29) is 24.7 Å². The van der Waals surface area contributed by atoms with Crippen molar-refractivity contribution in [2.24, 2.45) is 4.99 Å². The molecule has 0 amide bonds. The molecule has 1 N–H and O–H groups in total. The predicted molar refractivity (Wildman–Crippen MR) is 111 cm³/mol. The first-order valence-corrected chi connectivity index (χ1v) is 9.72. The minimum Gasteiger partial charge on any atom is -0.481 e. The van der Waals surface area contributed by atoms with Gasteiger partial charge in [-0.1, -0.05) is 30.3 Å². The maximum Gasteiger partial charge on any atom is 0.218 e. The monoisotopic (exact) mass is 396 g/mol. The van der Waals surface area contributed by atoms with Gasteiger partial charge in [0.2, 0.25) is 5.90 Å². The zero-order chi connectivity index (χ0) is 21.0. The van der Waals surface area contributed by atoms with Gasteiger partial charge in [-0.25, -0.2) is 4.99 Å². The summed E-state index contributed by atoms with van der Waals surface area (Å²) in [6, 6.07) is 11.9. The molecule has 1 aromatic carbocycles. The molecule has 6 heteroatoms. The van der Waals surface area contributed by atoms with Crippen molar-refractivity contribution in [3.05, 3.63) is 64.5 Å². The van der Waals surface area contributed by atoms with Crippen LogP contribution < -0.4 is 0 Å². The molecule has 3 rings (SSSR count). The standard InChI is InChI=1S/C23H28N2O4/c1-23(2,29-4)19(15-8-6-5-7-9-15)12-18(27)11-17-10-16-13-24-22(28-3)21(16)20(14-26)25-17/h5-10,19,26H,11-14H2,1-4H3/t19-/m0/s1. The number of hydrogen-bond donors (Lipinski definition) is 1. The van der Waals surface area contributed by atoms with Crippen molar-refractivity contribution in [1.29, 1.82) is 0 Å². The van der Waals surface area contributed by atoms with Gasteiger partial charge in [0.05, 0.1) is 37.1 Å². The zero-order valence-corrected chi connectivity index (χ0v) is 17.4. The number of ketones is 1. The van der Waals surface area contributed by atoms with Crippen LogP contribution >= 0.6 is 0 Å². The lowest BCUT2D eigenvalue weighted by Gasteiger charge is -2.33. The molecule has 0 saturated heterocycles. The molecule has 2 heterocycles. The van der Waals surface area contributed by atoms with Gasteiger partial charge < -0.3 is 14.6 Å². The second-order valence-electron chi connectivity index (χ2n) is 7.77. The van der Waals surface area contributed by atoms with E-state index in [4.69, 9.17) is 9.47 Å². The topological polar surface area (TPSA) is 81.0 Å². The molecule has 1 aliphatic heterocycles. The molecule has 6 nitrogen and oxygen atoms in total. The molecule has 0 bridgehead atoms. The number of methoxy groups -OCH3 is 2. The average Bonchev–Trinajstić information content (AvgIpc) is 3.15. The van der Waals surface area contributed by atoms with Crippen LogP contribution in [0.1, 0.15) is 54.3 Å². The molecule has 1 aromatic heterocycles. The van der Waals surface area contributed by atoms with E-state index in [0.717, 1.165) is 16.7 Å². The largest absolute Gasteiger partial charge is 0.481 e. The van der Waals surface area contributed by atoms with E-state index >= 15 is 0 Å². The number of benzene rings is 1. The highest BCUT2D eigenvalue weighted by Crippen LogP contribution is 2.34. The van der Waals surface area contributed by atoms with Gasteiger partial charge in [0, 0.05) is 31.6 Å². The van der Waals surface area contributed by atoms with Gasteiger partial charge in [-0.2, -0.15) is 0 Å². The van der Waals surface area contributed by atoms with E-state index in [0.29, 0.717) is 30.3 Å². The quantitative estimate of drug-likeness (QED) is 0.741. The Kier molecular flexibility index (Phi) is 6.45. The van der Waals surface area contributed by atoms with Crippen LogP contribution in [0.3, 0.4) is 0 Å². The summed E-state index contributed by atoms with van der Waals surface area (Å²) >= 11 is 0. The number of carbonyl (C=O) groups excluding carboxylic acids is 1. The summed E-state index contributed by atoms with van der Waals surface area (Å²) in [5.74, 6) is 0.489. The molecule has 0 saturated carbocycles. The maximum absolute atomic E-state index is 13.0. The minimum atomic E-state index is -0.486. The summed E-state index contributed by atoms with van der Waals surface area (Å²) in [6.45, 7) is 4.24. The second-order valence-corrected chi connectivity index (χ2v) is 7.77. The number of aliphatic hydroxyl groups excluding tert-OH is 1. The van der Waals surface area contributed by atoms with E-state index in [1.54, 1.807) is 14.2 Å². The molecule has 29 heavy (non-hydrogen) atoms. The molecule has 0 spiro atoms. The third kappa shape index (κ3) is 4.54. The Morgan fingerprint density at radius 1 is 1.24 bits per heavy atom. The van der Waals surface area contributed by atoms with Crippen molar-refractivity contribution < 1.29 is 19.4 Å². The molecular weight excluding hydrogens is 368 g/mol. The van der Waals surface area contributed by atoms with Crippen LogP contribution in [0.15, 0.2) is 41.4 Å². The van der Waals surface area contributed by atoms with E-state index in [1.807, 2.05) is 50.2 Å². The van der Waals surface area contributed by atoms with Gasteiger partial charge in [-0.3, -0.25) is 9.78 Å².